The van der Waals surface area contributed by atoms with Crippen molar-refractivity contribution in [2.45, 2.75) is 46.2 Å². The Hall–Kier alpha value is -1.29. The molecular formula is C13H21NO3. The highest BCUT2D eigenvalue weighted by Gasteiger charge is 2.13. The Balaban J connectivity index is 2.56. The maximum atomic E-state index is 10.6. The van der Waals surface area contributed by atoms with Crippen LogP contribution in [0.4, 0.5) is 0 Å². The third-order valence-electron chi connectivity index (χ3n) is 2.77. The second-order valence-corrected chi connectivity index (χ2v) is 4.43. The summed E-state index contributed by atoms with van der Waals surface area (Å²) >= 11 is 0. The van der Waals surface area contributed by atoms with Crippen LogP contribution < -0.4 is 0 Å². The van der Waals surface area contributed by atoms with Gasteiger partial charge in [0, 0.05) is 19.0 Å². The molecule has 1 heterocycles. The lowest BCUT2D eigenvalue weighted by Gasteiger charge is -2.24. The monoisotopic (exact) mass is 239 g/mol. The Labute approximate surface area is 102 Å². The second kappa shape index (κ2) is 6.45. The molecule has 0 atom stereocenters. The number of rotatable bonds is 7. The lowest BCUT2D eigenvalue weighted by Crippen LogP contribution is -2.32. The number of hydrogen-bond donors (Lipinski definition) is 1. The van der Waals surface area contributed by atoms with Gasteiger partial charge in [-0.3, -0.25) is 9.69 Å². The topological polar surface area (TPSA) is 53.7 Å². The SMILES string of the molecule is CCc1ccc(CN(CCC(=O)O)C(C)C)o1. The average Bonchev–Trinajstić information content (AvgIpc) is 2.71. The molecule has 0 aliphatic carbocycles. The van der Waals surface area contributed by atoms with Gasteiger partial charge in [0.15, 0.2) is 0 Å². The van der Waals surface area contributed by atoms with E-state index in [1.165, 1.54) is 0 Å². The number of carbonyl (C=O) groups is 1. The van der Waals surface area contributed by atoms with Crippen LogP contribution in [0.2, 0.25) is 0 Å². The molecule has 0 aliphatic heterocycles. The van der Waals surface area contributed by atoms with Gasteiger partial charge in [0.25, 0.3) is 0 Å². The Morgan fingerprint density at radius 3 is 2.53 bits per heavy atom. The Bertz CT molecular complexity index is 357. The van der Waals surface area contributed by atoms with Crippen molar-refractivity contribution in [2.75, 3.05) is 6.54 Å². The number of aliphatic carboxylic acids is 1. The molecule has 96 valence electrons. The molecule has 0 bridgehead atoms. The molecule has 0 aliphatic rings. The molecule has 0 saturated carbocycles. The lowest BCUT2D eigenvalue weighted by molar-refractivity contribution is -0.137. The van der Waals surface area contributed by atoms with Crippen LogP contribution in [0.1, 0.15) is 38.7 Å². The molecule has 1 aromatic rings. The lowest BCUT2D eigenvalue weighted by atomic mass is 10.2. The molecule has 0 radical (unpaired) electrons. The van der Waals surface area contributed by atoms with Crippen LogP contribution in [0.15, 0.2) is 16.5 Å². The van der Waals surface area contributed by atoms with Crippen LogP contribution >= 0.6 is 0 Å². The van der Waals surface area contributed by atoms with Gasteiger partial charge in [0.2, 0.25) is 0 Å². The van der Waals surface area contributed by atoms with Crippen molar-refractivity contribution in [3.63, 3.8) is 0 Å². The van der Waals surface area contributed by atoms with E-state index in [-0.39, 0.29) is 6.42 Å². The number of hydrogen-bond acceptors (Lipinski definition) is 3. The zero-order chi connectivity index (χ0) is 12.8. The molecule has 0 saturated heterocycles. The molecule has 0 fully saturated rings. The van der Waals surface area contributed by atoms with Crippen LogP contribution in [-0.4, -0.2) is 28.6 Å². The van der Waals surface area contributed by atoms with E-state index in [4.69, 9.17) is 9.52 Å². The van der Waals surface area contributed by atoms with E-state index in [0.29, 0.717) is 19.1 Å². The molecule has 0 amide bonds. The van der Waals surface area contributed by atoms with Crippen molar-refractivity contribution >= 4 is 5.97 Å². The maximum Gasteiger partial charge on any atom is 0.304 e. The van der Waals surface area contributed by atoms with E-state index in [1.54, 1.807) is 0 Å². The fraction of sp³-hybridized carbons (Fsp3) is 0.615. The molecule has 4 heteroatoms. The van der Waals surface area contributed by atoms with E-state index in [2.05, 4.69) is 18.7 Å². The summed E-state index contributed by atoms with van der Waals surface area (Å²) in [6.07, 6.45) is 1.05. The molecule has 1 N–H and O–H groups in total. The molecule has 0 aromatic carbocycles. The van der Waals surface area contributed by atoms with Gasteiger partial charge in [0.05, 0.1) is 13.0 Å². The molecule has 17 heavy (non-hydrogen) atoms. The molecule has 1 aromatic heterocycles. The summed E-state index contributed by atoms with van der Waals surface area (Å²) in [7, 11) is 0. The normalized spacial score (nSPS) is 11.4. The summed E-state index contributed by atoms with van der Waals surface area (Å²) in [5, 5.41) is 8.70. The minimum atomic E-state index is -0.760. The summed E-state index contributed by atoms with van der Waals surface area (Å²) in [6, 6.07) is 4.25. The van der Waals surface area contributed by atoms with Crippen molar-refractivity contribution in [1.82, 2.24) is 4.90 Å². The first-order chi connectivity index (χ1) is 8.02. The number of nitrogens with zero attached hydrogens (tertiary/aromatic N) is 1. The quantitative estimate of drug-likeness (QED) is 0.794. The fourth-order valence-corrected chi connectivity index (χ4v) is 1.66. The van der Waals surface area contributed by atoms with Crippen LogP contribution in [-0.2, 0) is 17.8 Å². The predicted octanol–water partition coefficient (Wildman–Crippen LogP) is 2.53. The average molecular weight is 239 g/mol. The van der Waals surface area contributed by atoms with Gasteiger partial charge in [-0.05, 0) is 26.0 Å². The Morgan fingerprint density at radius 1 is 1.41 bits per heavy atom. The first-order valence-corrected chi connectivity index (χ1v) is 6.06. The van der Waals surface area contributed by atoms with Gasteiger partial charge >= 0.3 is 5.97 Å². The molecular weight excluding hydrogens is 218 g/mol. The predicted molar refractivity (Wildman–Crippen MR) is 65.9 cm³/mol. The van der Waals surface area contributed by atoms with Gasteiger partial charge in [-0.1, -0.05) is 6.92 Å². The summed E-state index contributed by atoms with van der Waals surface area (Å²) in [5.74, 6) is 1.12. The molecule has 1 rings (SSSR count). The molecule has 0 spiro atoms. The first-order valence-electron chi connectivity index (χ1n) is 6.06. The number of aryl methyl sites for hydroxylation is 1. The minimum Gasteiger partial charge on any atom is -0.481 e. The highest BCUT2D eigenvalue weighted by atomic mass is 16.4. The molecule has 0 unspecified atom stereocenters. The highest BCUT2D eigenvalue weighted by molar-refractivity contribution is 5.66. The largest absolute Gasteiger partial charge is 0.481 e. The second-order valence-electron chi connectivity index (χ2n) is 4.43. The third kappa shape index (κ3) is 4.61. The Morgan fingerprint density at radius 2 is 2.06 bits per heavy atom. The fourth-order valence-electron chi connectivity index (χ4n) is 1.66. The van der Waals surface area contributed by atoms with Crippen LogP contribution in [0.25, 0.3) is 0 Å². The summed E-state index contributed by atoms with van der Waals surface area (Å²) in [6.45, 7) is 7.39. The van der Waals surface area contributed by atoms with Crippen LogP contribution in [0.3, 0.4) is 0 Å². The van der Waals surface area contributed by atoms with Crippen molar-refractivity contribution in [1.29, 1.82) is 0 Å². The summed E-state index contributed by atoms with van der Waals surface area (Å²) in [5.41, 5.74) is 0. The van der Waals surface area contributed by atoms with Gasteiger partial charge in [0.1, 0.15) is 11.5 Å². The third-order valence-corrected chi connectivity index (χ3v) is 2.77. The van der Waals surface area contributed by atoms with E-state index in [1.807, 2.05) is 19.1 Å². The van der Waals surface area contributed by atoms with E-state index >= 15 is 0 Å². The van der Waals surface area contributed by atoms with Gasteiger partial charge < -0.3 is 9.52 Å². The maximum absolute atomic E-state index is 10.6. The Kier molecular flexibility index (Phi) is 5.22. The smallest absolute Gasteiger partial charge is 0.304 e. The summed E-state index contributed by atoms with van der Waals surface area (Å²) in [4.78, 5) is 12.7. The van der Waals surface area contributed by atoms with Crippen LogP contribution in [0.5, 0.6) is 0 Å². The number of carboxylic acids is 1. The van der Waals surface area contributed by atoms with E-state index in [0.717, 1.165) is 17.9 Å². The highest BCUT2D eigenvalue weighted by Crippen LogP contribution is 2.13. The van der Waals surface area contributed by atoms with Gasteiger partial charge in [-0.25, -0.2) is 0 Å². The number of furan rings is 1. The number of carboxylic acid groups (broad SMARTS) is 1. The van der Waals surface area contributed by atoms with Crippen molar-refractivity contribution in [3.8, 4) is 0 Å². The van der Waals surface area contributed by atoms with Crippen molar-refractivity contribution < 1.29 is 14.3 Å². The summed E-state index contributed by atoms with van der Waals surface area (Å²) < 4.78 is 5.63. The van der Waals surface area contributed by atoms with Crippen molar-refractivity contribution in [3.05, 3.63) is 23.7 Å². The van der Waals surface area contributed by atoms with Gasteiger partial charge in [-0.15, -0.1) is 0 Å². The zero-order valence-electron chi connectivity index (χ0n) is 10.8. The van der Waals surface area contributed by atoms with E-state index in [9.17, 15) is 4.79 Å². The van der Waals surface area contributed by atoms with Crippen molar-refractivity contribution in [2.24, 2.45) is 0 Å². The van der Waals surface area contributed by atoms with Crippen LogP contribution in [0, 0.1) is 0 Å². The van der Waals surface area contributed by atoms with E-state index < -0.39 is 5.97 Å². The minimum absolute atomic E-state index is 0.166. The zero-order valence-corrected chi connectivity index (χ0v) is 10.8. The van der Waals surface area contributed by atoms with Gasteiger partial charge in [-0.2, -0.15) is 0 Å². The first kappa shape index (κ1) is 13.8. The molecule has 4 nitrogen and oxygen atoms in total. The standard InChI is InChI=1S/C13H21NO3/c1-4-11-5-6-12(17-11)9-14(10(2)3)8-7-13(15)16/h5-6,10H,4,7-9H2,1-3H3,(H,15,16).